The van der Waals surface area contributed by atoms with E-state index in [0.717, 1.165) is 0 Å². The Labute approximate surface area is 131 Å². The summed E-state index contributed by atoms with van der Waals surface area (Å²) in [5.74, 6) is 0. The average molecular weight is 305 g/mol. The van der Waals surface area contributed by atoms with Gasteiger partial charge in [-0.05, 0) is 16.8 Å². The zero-order chi connectivity index (χ0) is 15.0. The number of rotatable bonds is 2. The SMILES string of the molecule is CC(C)(C)Sc1ccc2ccccc2c1SC(C)(C)C. The van der Waals surface area contributed by atoms with Crippen LogP contribution in [0.4, 0.5) is 0 Å². The topological polar surface area (TPSA) is 0 Å². The van der Waals surface area contributed by atoms with Gasteiger partial charge in [-0.25, -0.2) is 0 Å². The van der Waals surface area contributed by atoms with Crippen molar-refractivity contribution in [3.05, 3.63) is 36.4 Å². The van der Waals surface area contributed by atoms with Crippen molar-refractivity contribution in [2.45, 2.75) is 60.8 Å². The summed E-state index contributed by atoms with van der Waals surface area (Å²) in [6.07, 6.45) is 0. The molecule has 0 saturated carbocycles. The van der Waals surface area contributed by atoms with Gasteiger partial charge < -0.3 is 0 Å². The summed E-state index contributed by atoms with van der Waals surface area (Å²) in [7, 11) is 0. The summed E-state index contributed by atoms with van der Waals surface area (Å²) in [6.45, 7) is 13.7. The van der Waals surface area contributed by atoms with Crippen LogP contribution in [0.1, 0.15) is 41.5 Å². The summed E-state index contributed by atoms with van der Waals surface area (Å²) in [5, 5.41) is 2.71. The van der Waals surface area contributed by atoms with Crippen molar-refractivity contribution in [2.24, 2.45) is 0 Å². The molecule has 2 aromatic rings. The van der Waals surface area contributed by atoms with E-state index >= 15 is 0 Å². The van der Waals surface area contributed by atoms with Crippen molar-refractivity contribution < 1.29 is 0 Å². The number of hydrogen-bond acceptors (Lipinski definition) is 2. The molecule has 0 aromatic heterocycles. The maximum absolute atomic E-state index is 2.28. The Morgan fingerprint density at radius 1 is 0.700 bits per heavy atom. The molecule has 0 aliphatic carbocycles. The van der Waals surface area contributed by atoms with Gasteiger partial charge in [0.1, 0.15) is 0 Å². The summed E-state index contributed by atoms with van der Waals surface area (Å²) in [6, 6.07) is 13.2. The van der Waals surface area contributed by atoms with Crippen molar-refractivity contribution in [2.75, 3.05) is 0 Å². The molecule has 0 aliphatic heterocycles. The summed E-state index contributed by atoms with van der Waals surface area (Å²) in [5.41, 5.74) is 0. The van der Waals surface area contributed by atoms with Gasteiger partial charge in [0.05, 0.1) is 0 Å². The molecule has 0 atom stereocenters. The smallest absolute Gasteiger partial charge is 0.0292 e. The first-order valence-electron chi connectivity index (χ1n) is 7.05. The molecule has 0 radical (unpaired) electrons. The molecule has 0 saturated heterocycles. The highest BCUT2D eigenvalue weighted by Gasteiger charge is 2.21. The minimum absolute atomic E-state index is 0.220. The minimum Gasteiger partial charge on any atom is -0.119 e. The lowest BCUT2D eigenvalue weighted by molar-refractivity contribution is 0.795. The van der Waals surface area contributed by atoms with Crippen LogP contribution in [0.15, 0.2) is 46.2 Å². The molecule has 0 aliphatic rings. The lowest BCUT2D eigenvalue weighted by atomic mass is 10.1. The quantitative estimate of drug-likeness (QED) is 0.572. The van der Waals surface area contributed by atoms with Crippen molar-refractivity contribution in [3.8, 4) is 0 Å². The predicted octanol–water partition coefficient (Wildman–Crippen LogP) is 6.62. The standard InChI is InChI=1S/C18H24S2/c1-17(2,3)19-15-12-11-13-9-7-8-10-14(13)16(15)20-18(4,5)6/h7-12H,1-6H3. The third-order valence-corrected chi connectivity index (χ3v) is 5.23. The molecular weight excluding hydrogens is 280 g/mol. The third kappa shape index (κ3) is 4.20. The van der Waals surface area contributed by atoms with E-state index in [1.807, 2.05) is 23.5 Å². The van der Waals surface area contributed by atoms with Crippen LogP contribution in [0.5, 0.6) is 0 Å². The monoisotopic (exact) mass is 304 g/mol. The van der Waals surface area contributed by atoms with Crippen LogP contribution in [0.3, 0.4) is 0 Å². The molecular formula is C18H24S2. The summed E-state index contributed by atoms with van der Waals surface area (Å²) >= 11 is 3.94. The van der Waals surface area contributed by atoms with Crippen molar-refractivity contribution >= 4 is 34.3 Å². The zero-order valence-corrected chi connectivity index (χ0v) is 14.9. The molecule has 2 aromatic carbocycles. The molecule has 20 heavy (non-hydrogen) atoms. The lowest BCUT2D eigenvalue weighted by Crippen LogP contribution is -2.10. The Bertz CT molecular complexity index is 601. The molecule has 0 nitrogen and oxygen atoms in total. The highest BCUT2D eigenvalue weighted by molar-refractivity contribution is 8.03. The zero-order valence-electron chi connectivity index (χ0n) is 13.3. The van der Waals surface area contributed by atoms with Gasteiger partial charge in [0.2, 0.25) is 0 Å². The summed E-state index contributed by atoms with van der Waals surface area (Å²) < 4.78 is 0.451. The highest BCUT2D eigenvalue weighted by Crippen LogP contribution is 2.45. The Balaban J connectivity index is 2.59. The Morgan fingerprint density at radius 3 is 1.90 bits per heavy atom. The molecule has 0 spiro atoms. The number of hydrogen-bond donors (Lipinski definition) is 0. The second-order valence-corrected chi connectivity index (χ2v) is 10.7. The molecule has 0 unspecified atom stereocenters. The van der Waals surface area contributed by atoms with E-state index in [1.54, 1.807) is 0 Å². The van der Waals surface area contributed by atoms with Gasteiger partial charge in [0, 0.05) is 19.3 Å². The Kier molecular flexibility index (Phi) is 4.46. The van der Waals surface area contributed by atoms with Crippen LogP contribution in [0, 0.1) is 0 Å². The van der Waals surface area contributed by atoms with Gasteiger partial charge in [0.25, 0.3) is 0 Å². The van der Waals surface area contributed by atoms with E-state index in [2.05, 4.69) is 77.9 Å². The number of thioether (sulfide) groups is 2. The maximum atomic E-state index is 2.28. The van der Waals surface area contributed by atoms with E-state index in [4.69, 9.17) is 0 Å². The molecule has 2 rings (SSSR count). The normalized spacial score (nSPS) is 12.9. The molecule has 108 valence electrons. The fraction of sp³-hybridized carbons (Fsp3) is 0.444. The molecule has 2 heteroatoms. The number of fused-ring (bicyclic) bond motifs is 1. The van der Waals surface area contributed by atoms with Gasteiger partial charge in [0.15, 0.2) is 0 Å². The second-order valence-electron chi connectivity index (χ2n) is 7.04. The lowest BCUT2D eigenvalue weighted by Gasteiger charge is -2.25. The van der Waals surface area contributed by atoms with Gasteiger partial charge in [-0.2, -0.15) is 0 Å². The fourth-order valence-electron chi connectivity index (χ4n) is 2.04. The van der Waals surface area contributed by atoms with Crippen LogP contribution < -0.4 is 0 Å². The first kappa shape index (κ1) is 15.8. The molecule has 0 heterocycles. The maximum Gasteiger partial charge on any atom is 0.0292 e. The predicted molar refractivity (Wildman–Crippen MR) is 95.2 cm³/mol. The molecule has 0 N–H and O–H groups in total. The van der Waals surface area contributed by atoms with Gasteiger partial charge >= 0.3 is 0 Å². The van der Waals surface area contributed by atoms with E-state index in [9.17, 15) is 0 Å². The molecule has 0 amide bonds. The van der Waals surface area contributed by atoms with Crippen molar-refractivity contribution in [1.82, 2.24) is 0 Å². The largest absolute Gasteiger partial charge is 0.119 e. The van der Waals surface area contributed by atoms with E-state index in [0.29, 0.717) is 0 Å². The first-order chi connectivity index (χ1) is 9.16. The fourth-order valence-corrected chi connectivity index (χ4v) is 4.37. The Morgan fingerprint density at radius 2 is 1.30 bits per heavy atom. The first-order valence-corrected chi connectivity index (χ1v) is 8.69. The van der Waals surface area contributed by atoms with Crippen LogP contribution >= 0.6 is 23.5 Å². The highest BCUT2D eigenvalue weighted by atomic mass is 32.2. The molecule has 0 fully saturated rings. The van der Waals surface area contributed by atoms with Gasteiger partial charge in [-0.3, -0.25) is 0 Å². The average Bonchev–Trinajstić information content (AvgIpc) is 2.29. The Hall–Kier alpha value is -0.600. The van der Waals surface area contributed by atoms with E-state index in [-0.39, 0.29) is 9.49 Å². The van der Waals surface area contributed by atoms with Crippen LogP contribution in [-0.4, -0.2) is 9.49 Å². The van der Waals surface area contributed by atoms with E-state index in [1.165, 1.54) is 20.6 Å². The van der Waals surface area contributed by atoms with E-state index < -0.39 is 0 Å². The van der Waals surface area contributed by atoms with Crippen molar-refractivity contribution in [3.63, 3.8) is 0 Å². The van der Waals surface area contributed by atoms with Crippen molar-refractivity contribution in [1.29, 1.82) is 0 Å². The van der Waals surface area contributed by atoms with Gasteiger partial charge in [-0.1, -0.05) is 71.9 Å². The van der Waals surface area contributed by atoms with Gasteiger partial charge in [-0.15, -0.1) is 23.5 Å². The molecule has 0 bridgehead atoms. The third-order valence-electron chi connectivity index (χ3n) is 2.67. The number of benzene rings is 2. The van der Waals surface area contributed by atoms with Crippen LogP contribution in [0.25, 0.3) is 10.8 Å². The summed E-state index contributed by atoms with van der Waals surface area (Å²) in [4.78, 5) is 2.83. The van der Waals surface area contributed by atoms with Crippen LogP contribution in [0.2, 0.25) is 0 Å². The van der Waals surface area contributed by atoms with Crippen LogP contribution in [-0.2, 0) is 0 Å². The minimum atomic E-state index is 0.220. The second kappa shape index (κ2) is 5.65.